The van der Waals surface area contributed by atoms with Crippen LogP contribution in [0.4, 0.5) is 0 Å². The van der Waals surface area contributed by atoms with Crippen LogP contribution in [0, 0.1) is 0 Å². The third kappa shape index (κ3) is 3.89. The summed E-state index contributed by atoms with van der Waals surface area (Å²) < 4.78 is 11.2. The van der Waals surface area contributed by atoms with Gasteiger partial charge in [0.15, 0.2) is 11.5 Å². The number of nitrogens with one attached hydrogen (secondary N) is 1. The lowest BCUT2D eigenvalue weighted by Gasteiger charge is -2.13. The zero-order valence-corrected chi connectivity index (χ0v) is 12.7. The van der Waals surface area contributed by atoms with Crippen LogP contribution < -0.4 is 14.9 Å². The number of nitrogens with zero attached hydrogens (tertiary/aromatic N) is 1. The molecule has 5 heteroatoms. The molecule has 2 aromatic carbocycles. The van der Waals surface area contributed by atoms with Gasteiger partial charge in [-0.3, -0.25) is 0 Å². The number of para-hydroxylation sites is 1. The van der Waals surface area contributed by atoms with E-state index in [0.29, 0.717) is 23.1 Å². The molecule has 0 aliphatic rings. The summed E-state index contributed by atoms with van der Waals surface area (Å²) in [6, 6.07) is 13.2. The highest BCUT2D eigenvalue weighted by atomic mass is 35.5. The number of halogens is 1. The van der Waals surface area contributed by atoms with E-state index in [2.05, 4.69) is 10.5 Å². The normalized spacial score (nSPS) is 10.6. The second-order valence-electron chi connectivity index (χ2n) is 4.24. The molecule has 0 amide bonds. The Morgan fingerprint density at radius 1 is 1.19 bits per heavy atom. The predicted octanol–water partition coefficient (Wildman–Crippen LogP) is 3.48. The zero-order valence-electron chi connectivity index (χ0n) is 12.0. The van der Waals surface area contributed by atoms with Crippen molar-refractivity contribution in [3.63, 3.8) is 0 Å². The first kappa shape index (κ1) is 15.2. The smallest absolute Gasteiger partial charge is 0.170 e. The zero-order chi connectivity index (χ0) is 15.1. The molecule has 0 radical (unpaired) electrons. The molecular weight excluding hydrogens is 288 g/mol. The highest BCUT2D eigenvalue weighted by Gasteiger charge is 2.10. The molecular formula is C16H17ClN2O2. The molecule has 0 aliphatic carbocycles. The molecule has 21 heavy (non-hydrogen) atoms. The number of hydrazone groups is 1. The van der Waals surface area contributed by atoms with Crippen molar-refractivity contribution in [2.45, 2.75) is 6.61 Å². The molecule has 0 spiro atoms. The van der Waals surface area contributed by atoms with E-state index in [1.54, 1.807) is 20.4 Å². The van der Waals surface area contributed by atoms with Gasteiger partial charge in [-0.05, 0) is 18.2 Å². The van der Waals surface area contributed by atoms with Gasteiger partial charge in [0.1, 0.15) is 6.61 Å². The average molecular weight is 305 g/mol. The van der Waals surface area contributed by atoms with Gasteiger partial charge in [-0.2, -0.15) is 5.10 Å². The van der Waals surface area contributed by atoms with E-state index < -0.39 is 0 Å². The molecule has 1 N–H and O–H groups in total. The summed E-state index contributed by atoms with van der Waals surface area (Å²) in [5, 5.41) is 4.69. The van der Waals surface area contributed by atoms with Crippen molar-refractivity contribution in [1.82, 2.24) is 5.43 Å². The Kier molecular flexibility index (Phi) is 5.46. The highest BCUT2D eigenvalue weighted by molar-refractivity contribution is 6.31. The van der Waals surface area contributed by atoms with Crippen molar-refractivity contribution >= 4 is 17.8 Å². The lowest BCUT2D eigenvalue weighted by atomic mass is 10.2. The number of hydrogen-bond donors (Lipinski definition) is 1. The van der Waals surface area contributed by atoms with E-state index in [4.69, 9.17) is 21.1 Å². The molecule has 0 fully saturated rings. The fraction of sp³-hybridized carbons (Fsp3) is 0.188. The summed E-state index contributed by atoms with van der Waals surface area (Å²) in [6.45, 7) is 0.362. The molecule has 4 nitrogen and oxygen atoms in total. The van der Waals surface area contributed by atoms with E-state index in [1.807, 2.05) is 42.5 Å². The van der Waals surface area contributed by atoms with Gasteiger partial charge in [0, 0.05) is 23.2 Å². The molecule has 2 aromatic rings. The third-order valence-electron chi connectivity index (χ3n) is 2.89. The van der Waals surface area contributed by atoms with Crippen molar-refractivity contribution in [3.05, 3.63) is 58.6 Å². The Morgan fingerprint density at radius 2 is 2.00 bits per heavy atom. The SMILES string of the molecule is CN/N=C/c1cccc(OC)c1OCc1ccccc1Cl. The minimum Gasteiger partial charge on any atom is -0.493 e. The van der Waals surface area contributed by atoms with Gasteiger partial charge in [-0.15, -0.1) is 0 Å². The maximum atomic E-state index is 6.14. The van der Waals surface area contributed by atoms with Crippen molar-refractivity contribution in [2.75, 3.05) is 14.2 Å². The van der Waals surface area contributed by atoms with E-state index in [9.17, 15) is 0 Å². The fourth-order valence-electron chi connectivity index (χ4n) is 1.85. The van der Waals surface area contributed by atoms with Crippen LogP contribution in [0.3, 0.4) is 0 Å². The second-order valence-corrected chi connectivity index (χ2v) is 4.65. The van der Waals surface area contributed by atoms with Crippen LogP contribution in [0.5, 0.6) is 11.5 Å². The lowest BCUT2D eigenvalue weighted by molar-refractivity contribution is 0.284. The Balaban J connectivity index is 2.25. The number of methoxy groups -OCH3 is 1. The molecule has 0 saturated heterocycles. The number of ether oxygens (including phenoxy) is 2. The maximum absolute atomic E-state index is 6.14. The molecule has 2 rings (SSSR count). The largest absolute Gasteiger partial charge is 0.493 e. The number of hydrogen-bond acceptors (Lipinski definition) is 4. The Morgan fingerprint density at radius 3 is 2.71 bits per heavy atom. The fourth-order valence-corrected chi connectivity index (χ4v) is 2.04. The van der Waals surface area contributed by atoms with Gasteiger partial charge < -0.3 is 14.9 Å². The van der Waals surface area contributed by atoms with Gasteiger partial charge in [0.05, 0.1) is 13.3 Å². The van der Waals surface area contributed by atoms with Crippen molar-refractivity contribution in [3.8, 4) is 11.5 Å². The number of rotatable bonds is 6. The monoisotopic (exact) mass is 304 g/mol. The van der Waals surface area contributed by atoms with Gasteiger partial charge >= 0.3 is 0 Å². The molecule has 0 heterocycles. The Labute approximate surface area is 129 Å². The molecule has 0 aliphatic heterocycles. The average Bonchev–Trinajstić information content (AvgIpc) is 2.52. The van der Waals surface area contributed by atoms with Gasteiger partial charge in [0.25, 0.3) is 0 Å². The van der Waals surface area contributed by atoms with E-state index in [0.717, 1.165) is 11.1 Å². The van der Waals surface area contributed by atoms with Crippen LogP contribution >= 0.6 is 11.6 Å². The quantitative estimate of drug-likeness (QED) is 0.656. The first-order valence-corrected chi connectivity index (χ1v) is 6.87. The second kappa shape index (κ2) is 7.55. The van der Waals surface area contributed by atoms with Crippen LogP contribution in [0.1, 0.15) is 11.1 Å². The molecule has 0 unspecified atom stereocenters. The molecule has 0 aromatic heterocycles. The van der Waals surface area contributed by atoms with Crippen LogP contribution in [0.25, 0.3) is 0 Å². The third-order valence-corrected chi connectivity index (χ3v) is 3.26. The van der Waals surface area contributed by atoms with Gasteiger partial charge in [-0.1, -0.05) is 35.9 Å². The van der Waals surface area contributed by atoms with E-state index >= 15 is 0 Å². The van der Waals surface area contributed by atoms with Crippen molar-refractivity contribution in [1.29, 1.82) is 0 Å². The van der Waals surface area contributed by atoms with E-state index in [-0.39, 0.29) is 0 Å². The lowest BCUT2D eigenvalue weighted by Crippen LogP contribution is -2.02. The summed E-state index contributed by atoms with van der Waals surface area (Å²) in [5.74, 6) is 1.29. The predicted molar refractivity (Wildman–Crippen MR) is 85.4 cm³/mol. The summed E-state index contributed by atoms with van der Waals surface area (Å²) in [7, 11) is 3.34. The summed E-state index contributed by atoms with van der Waals surface area (Å²) in [5.41, 5.74) is 4.46. The Hall–Kier alpha value is -2.20. The minimum atomic E-state index is 0.362. The van der Waals surface area contributed by atoms with Crippen LogP contribution in [0.2, 0.25) is 5.02 Å². The van der Waals surface area contributed by atoms with Crippen LogP contribution in [-0.2, 0) is 6.61 Å². The van der Waals surface area contributed by atoms with Crippen LogP contribution in [0.15, 0.2) is 47.6 Å². The first-order chi connectivity index (χ1) is 10.3. The highest BCUT2D eigenvalue weighted by Crippen LogP contribution is 2.31. The van der Waals surface area contributed by atoms with Crippen molar-refractivity contribution < 1.29 is 9.47 Å². The van der Waals surface area contributed by atoms with E-state index in [1.165, 1.54) is 0 Å². The maximum Gasteiger partial charge on any atom is 0.170 e. The summed E-state index contributed by atoms with van der Waals surface area (Å²) in [6.07, 6.45) is 1.68. The summed E-state index contributed by atoms with van der Waals surface area (Å²) in [4.78, 5) is 0. The van der Waals surface area contributed by atoms with Crippen molar-refractivity contribution in [2.24, 2.45) is 5.10 Å². The summed E-state index contributed by atoms with van der Waals surface area (Å²) >= 11 is 6.14. The molecule has 110 valence electrons. The topological polar surface area (TPSA) is 42.9 Å². The first-order valence-electron chi connectivity index (χ1n) is 6.49. The van der Waals surface area contributed by atoms with Crippen LogP contribution in [-0.4, -0.2) is 20.4 Å². The standard InChI is InChI=1S/C16H17ClN2O2/c1-18-19-10-12-7-5-9-15(20-2)16(12)21-11-13-6-3-4-8-14(13)17/h3-10,18H,11H2,1-2H3/b19-10+. The molecule has 0 atom stereocenters. The van der Waals surface area contributed by atoms with Gasteiger partial charge in [0.2, 0.25) is 0 Å². The molecule has 0 bridgehead atoms. The van der Waals surface area contributed by atoms with Gasteiger partial charge in [-0.25, -0.2) is 0 Å². The molecule has 0 saturated carbocycles. The number of benzene rings is 2. The minimum absolute atomic E-state index is 0.362. The Bertz CT molecular complexity index is 629.